The van der Waals surface area contributed by atoms with Gasteiger partial charge in [-0.15, -0.1) is 0 Å². The average molecular weight is 503 g/mol. The average Bonchev–Trinajstić information content (AvgIpc) is 3.36. The summed E-state index contributed by atoms with van der Waals surface area (Å²) in [6.45, 7) is 1.43. The largest absolute Gasteiger partial charge is 0.480 e. The molecule has 0 saturated heterocycles. The normalized spacial score (nSPS) is 13.5. The SMILES string of the molecule is CC(N)C(=O)N[C@H](C[C@@H](Cc1ccc(-c2cc(Cl)ccc2F)cc1)NC(=O)c1cn[nH]n1)C(=O)O. The van der Waals surface area contributed by atoms with Crippen molar-refractivity contribution in [2.75, 3.05) is 0 Å². The second-order valence-corrected chi connectivity index (χ2v) is 8.41. The van der Waals surface area contributed by atoms with Crippen LogP contribution in [0.2, 0.25) is 5.02 Å². The second-order valence-electron chi connectivity index (χ2n) is 7.97. The lowest BCUT2D eigenvalue weighted by Gasteiger charge is -2.23. The van der Waals surface area contributed by atoms with Gasteiger partial charge in [-0.2, -0.15) is 15.4 Å². The Morgan fingerprint density at radius 1 is 1.17 bits per heavy atom. The first kappa shape index (κ1) is 25.8. The van der Waals surface area contributed by atoms with Gasteiger partial charge in [0.1, 0.15) is 11.9 Å². The van der Waals surface area contributed by atoms with E-state index in [0.29, 0.717) is 16.1 Å². The van der Waals surface area contributed by atoms with E-state index < -0.39 is 41.7 Å². The highest BCUT2D eigenvalue weighted by Crippen LogP contribution is 2.26. The number of nitrogens with one attached hydrogen (secondary N) is 3. The van der Waals surface area contributed by atoms with E-state index in [0.717, 1.165) is 5.56 Å². The number of carbonyl (C=O) groups excluding carboxylic acids is 2. The summed E-state index contributed by atoms with van der Waals surface area (Å²) in [5.41, 5.74) is 7.24. The number of halogens is 2. The summed E-state index contributed by atoms with van der Waals surface area (Å²) in [6.07, 6.45) is 1.33. The Balaban J connectivity index is 1.81. The Morgan fingerprint density at radius 3 is 2.49 bits per heavy atom. The molecule has 0 aliphatic rings. The third-order valence-corrected chi connectivity index (χ3v) is 5.44. The third-order valence-electron chi connectivity index (χ3n) is 5.21. The summed E-state index contributed by atoms with van der Waals surface area (Å²) >= 11 is 5.98. The van der Waals surface area contributed by atoms with Crippen LogP contribution in [0.15, 0.2) is 48.7 Å². The molecule has 3 aromatic rings. The van der Waals surface area contributed by atoms with Gasteiger partial charge in [0.05, 0.1) is 12.2 Å². The molecular weight excluding hydrogens is 479 g/mol. The molecule has 1 unspecified atom stereocenters. The number of amides is 2. The van der Waals surface area contributed by atoms with E-state index in [9.17, 15) is 23.9 Å². The molecule has 0 spiro atoms. The number of carboxylic acids is 1. The van der Waals surface area contributed by atoms with Crippen LogP contribution in [0.3, 0.4) is 0 Å². The fourth-order valence-electron chi connectivity index (χ4n) is 3.40. The van der Waals surface area contributed by atoms with Crippen LogP contribution < -0.4 is 16.4 Å². The van der Waals surface area contributed by atoms with Gasteiger partial charge in [0.25, 0.3) is 5.91 Å². The van der Waals surface area contributed by atoms with E-state index in [-0.39, 0.29) is 18.5 Å². The van der Waals surface area contributed by atoms with E-state index in [1.54, 1.807) is 24.3 Å². The quantitative estimate of drug-likeness (QED) is 0.282. The minimum Gasteiger partial charge on any atom is -0.480 e. The van der Waals surface area contributed by atoms with Gasteiger partial charge in [-0.25, -0.2) is 9.18 Å². The van der Waals surface area contributed by atoms with Gasteiger partial charge < -0.3 is 21.5 Å². The number of benzene rings is 2. The van der Waals surface area contributed by atoms with Gasteiger partial charge in [0, 0.05) is 16.6 Å². The van der Waals surface area contributed by atoms with E-state index in [4.69, 9.17) is 17.3 Å². The van der Waals surface area contributed by atoms with Crippen molar-refractivity contribution in [3.63, 3.8) is 0 Å². The first-order valence-electron chi connectivity index (χ1n) is 10.6. The Morgan fingerprint density at radius 2 is 1.89 bits per heavy atom. The van der Waals surface area contributed by atoms with Crippen LogP contribution in [0.1, 0.15) is 29.4 Å². The highest BCUT2D eigenvalue weighted by atomic mass is 35.5. The molecule has 0 aliphatic heterocycles. The van der Waals surface area contributed by atoms with Gasteiger partial charge in [-0.05, 0) is 49.1 Å². The predicted octanol–water partition coefficient (Wildman–Crippen LogP) is 1.91. The number of nitrogens with two attached hydrogens (primary N) is 1. The number of nitrogens with zero attached hydrogens (tertiary/aromatic N) is 2. The van der Waals surface area contributed by atoms with Crippen LogP contribution in [0, 0.1) is 5.82 Å². The molecule has 1 aromatic heterocycles. The van der Waals surface area contributed by atoms with Crippen molar-refractivity contribution in [3.8, 4) is 11.1 Å². The second kappa shape index (κ2) is 11.5. The molecule has 2 amide bonds. The lowest BCUT2D eigenvalue weighted by molar-refractivity contribution is -0.142. The molecule has 6 N–H and O–H groups in total. The first-order valence-corrected chi connectivity index (χ1v) is 11.0. The van der Waals surface area contributed by atoms with Crippen LogP contribution >= 0.6 is 11.6 Å². The number of aliphatic carboxylic acids is 1. The maximum atomic E-state index is 14.2. The molecule has 10 nitrogen and oxygen atoms in total. The van der Waals surface area contributed by atoms with Crippen molar-refractivity contribution in [2.24, 2.45) is 5.73 Å². The van der Waals surface area contributed by atoms with Crippen molar-refractivity contribution < 1.29 is 23.9 Å². The molecule has 0 radical (unpaired) electrons. The molecule has 1 heterocycles. The number of H-pyrrole nitrogens is 1. The fourth-order valence-corrected chi connectivity index (χ4v) is 3.57. The smallest absolute Gasteiger partial charge is 0.326 e. The fraction of sp³-hybridized carbons (Fsp3) is 0.261. The lowest BCUT2D eigenvalue weighted by atomic mass is 9.96. The van der Waals surface area contributed by atoms with Crippen LogP contribution in [-0.4, -0.2) is 56.4 Å². The van der Waals surface area contributed by atoms with E-state index in [2.05, 4.69) is 26.0 Å². The number of aromatic nitrogens is 3. The number of aromatic amines is 1. The third kappa shape index (κ3) is 7.08. The van der Waals surface area contributed by atoms with Crippen LogP contribution in [0.4, 0.5) is 4.39 Å². The number of carbonyl (C=O) groups is 3. The Hall–Kier alpha value is -3.83. The molecule has 35 heavy (non-hydrogen) atoms. The standard InChI is InChI=1S/C23H24ClFN6O4/c1-12(26)21(32)29-19(23(34)35)10-16(28-22(33)20-11-27-31-30-20)8-13-2-4-14(5-3-13)17-9-15(24)6-7-18(17)25/h2-7,9,11-12,16,19H,8,10,26H2,1H3,(H,28,33)(H,29,32)(H,34,35)(H,27,30,31)/t12?,16-,19-/m1/s1. The van der Waals surface area contributed by atoms with E-state index in [1.165, 1.54) is 31.3 Å². The monoisotopic (exact) mass is 502 g/mol. The molecule has 2 aromatic carbocycles. The van der Waals surface area contributed by atoms with Crippen molar-refractivity contribution in [1.82, 2.24) is 26.0 Å². The summed E-state index contributed by atoms with van der Waals surface area (Å²) in [5.74, 6) is -2.89. The predicted molar refractivity (Wildman–Crippen MR) is 126 cm³/mol. The molecular formula is C23H24ClFN6O4. The molecule has 3 rings (SSSR count). The van der Waals surface area contributed by atoms with E-state index in [1.807, 2.05) is 0 Å². The first-order chi connectivity index (χ1) is 16.6. The summed E-state index contributed by atoms with van der Waals surface area (Å²) in [7, 11) is 0. The molecule has 12 heteroatoms. The van der Waals surface area contributed by atoms with Crippen LogP contribution in [-0.2, 0) is 16.0 Å². The maximum absolute atomic E-state index is 14.2. The van der Waals surface area contributed by atoms with Crippen molar-refractivity contribution in [2.45, 2.75) is 37.9 Å². The number of rotatable bonds is 10. The Labute approximate surface area is 205 Å². The molecule has 0 bridgehead atoms. The van der Waals surface area contributed by atoms with Gasteiger partial charge in [0.2, 0.25) is 5.91 Å². The topological polar surface area (TPSA) is 163 Å². The van der Waals surface area contributed by atoms with Crippen LogP contribution in [0.5, 0.6) is 0 Å². The van der Waals surface area contributed by atoms with Gasteiger partial charge in [-0.3, -0.25) is 9.59 Å². The minimum atomic E-state index is -1.30. The molecule has 184 valence electrons. The molecule has 0 fully saturated rings. The molecule has 0 aliphatic carbocycles. The number of hydrogen-bond acceptors (Lipinski definition) is 6. The van der Waals surface area contributed by atoms with Gasteiger partial charge >= 0.3 is 5.97 Å². The van der Waals surface area contributed by atoms with Crippen molar-refractivity contribution in [3.05, 3.63) is 70.8 Å². The van der Waals surface area contributed by atoms with Crippen LogP contribution in [0.25, 0.3) is 11.1 Å². The van der Waals surface area contributed by atoms with E-state index >= 15 is 0 Å². The van der Waals surface area contributed by atoms with Gasteiger partial charge in [-0.1, -0.05) is 35.9 Å². The summed E-state index contributed by atoms with van der Waals surface area (Å²) in [4.78, 5) is 36.3. The minimum absolute atomic E-state index is 0.0215. The van der Waals surface area contributed by atoms with Crippen molar-refractivity contribution >= 4 is 29.4 Å². The summed E-state index contributed by atoms with van der Waals surface area (Å²) in [6, 6.07) is 8.23. The lowest BCUT2D eigenvalue weighted by Crippen LogP contribution is -2.51. The zero-order chi connectivity index (χ0) is 25.5. The van der Waals surface area contributed by atoms with Crippen molar-refractivity contribution in [1.29, 1.82) is 0 Å². The highest BCUT2D eigenvalue weighted by Gasteiger charge is 2.27. The van der Waals surface area contributed by atoms with Gasteiger partial charge in [0.15, 0.2) is 5.69 Å². The molecule has 3 atom stereocenters. The Kier molecular flexibility index (Phi) is 8.50. The number of hydrogen-bond donors (Lipinski definition) is 5. The summed E-state index contributed by atoms with van der Waals surface area (Å²) in [5, 5.41) is 24.8. The summed E-state index contributed by atoms with van der Waals surface area (Å²) < 4.78 is 14.2. The molecule has 0 saturated carbocycles. The maximum Gasteiger partial charge on any atom is 0.326 e. The number of carboxylic acid groups (broad SMARTS) is 1. The highest BCUT2D eigenvalue weighted by molar-refractivity contribution is 6.30. The Bertz CT molecular complexity index is 1190. The zero-order valence-corrected chi connectivity index (χ0v) is 19.4. The zero-order valence-electron chi connectivity index (χ0n) is 18.7.